The molecule has 0 saturated carbocycles. The highest BCUT2D eigenvalue weighted by molar-refractivity contribution is 5.92. The van der Waals surface area contributed by atoms with Crippen LogP contribution in [-0.2, 0) is 11.3 Å². The molecule has 0 fully saturated rings. The summed E-state index contributed by atoms with van der Waals surface area (Å²) in [4.78, 5) is 14.0. The number of rotatable bonds is 6. The number of hydrogen-bond donors (Lipinski definition) is 1. The van der Waals surface area contributed by atoms with Gasteiger partial charge in [0.05, 0.1) is 25.3 Å². The Balaban J connectivity index is 1.87. The molecule has 5 nitrogen and oxygen atoms in total. The predicted octanol–water partition coefficient (Wildman–Crippen LogP) is 2.64. The number of hydrogen-bond acceptors (Lipinski definition) is 4. The van der Waals surface area contributed by atoms with Crippen molar-refractivity contribution in [3.8, 4) is 11.8 Å². The van der Waals surface area contributed by atoms with E-state index in [1.165, 1.54) is 0 Å². The van der Waals surface area contributed by atoms with Gasteiger partial charge in [0.1, 0.15) is 5.75 Å². The van der Waals surface area contributed by atoms with Gasteiger partial charge in [0.2, 0.25) is 5.91 Å². The van der Waals surface area contributed by atoms with Crippen molar-refractivity contribution >= 4 is 11.6 Å². The highest BCUT2D eigenvalue weighted by atomic mass is 16.5. The molecule has 2 aromatic carbocycles. The minimum atomic E-state index is -0.0888. The van der Waals surface area contributed by atoms with Gasteiger partial charge in [-0.2, -0.15) is 5.26 Å². The number of likely N-dealkylation sites (N-methyl/N-ethyl adjacent to an activating group) is 1. The molecule has 0 aliphatic carbocycles. The molecule has 1 amide bonds. The second kappa shape index (κ2) is 7.97. The van der Waals surface area contributed by atoms with Gasteiger partial charge in [-0.15, -0.1) is 0 Å². The summed E-state index contributed by atoms with van der Waals surface area (Å²) in [5, 5.41) is 11.8. The maximum atomic E-state index is 12.1. The zero-order valence-electron chi connectivity index (χ0n) is 13.2. The molecule has 5 heteroatoms. The van der Waals surface area contributed by atoms with Crippen LogP contribution in [0.4, 0.5) is 5.69 Å². The number of anilines is 1. The van der Waals surface area contributed by atoms with E-state index in [-0.39, 0.29) is 12.5 Å². The molecule has 0 radical (unpaired) electrons. The van der Waals surface area contributed by atoms with Crippen molar-refractivity contribution in [2.24, 2.45) is 0 Å². The van der Waals surface area contributed by atoms with Crippen molar-refractivity contribution in [2.75, 3.05) is 26.0 Å². The molecule has 118 valence electrons. The fourth-order valence-corrected chi connectivity index (χ4v) is 2.23. The van der Waals surface area contributed by atoms with E-state index in [0.29, 0.717) is 12.1 Å². The van der Waals surface area contributed by atoms with E-state index >= 15 is 0 Å². The van der Waals surface area contributed by atoms with Crippen molar-refractivity contribution in [3.05, 3.63) is 59.7 Å². The first-order valence-corrected chi connectivity index (χ1v) is 7.22. The van der Waals surface area contributed by atoms with E-state index in [1.54, 1.807) is 37.4 Å². The van der Waals surface area contributed by atoms with Gasteiger partial charge in [0, 0.05) is 12.2 Å². The summed E-state index contributed by atoms with van der Waals surface area (Å²) in [5.41, 5.74) is 2.36. The monoisotopic (exact) mass is 309 g/mol. The van der Waals surface area contributed by atoms with Crippen LogP contribution in [0.3, 0.4) is 0 Å². The Morgan fingerprint density at radius 2 is 2.00 bits per heavy atom. The first-order valence-electron chi connectivity index (χ1n) is 7.22. The zero-order valence-corrected chi connectivity index (χ0v) is 13.2. The van der Waals surface area contributed by atoms with Crippen LogP contribution in [0.25, 0.3) is 0 Å². The van der Waals surface area contributed by atoms with Crippen LogP contribution in [0.2, 0.25) is 0 Å². The summed E-state index contributed by atoms with van der Waals surface area (Å²) < 4.78 is 5.08. The summed E-state index contributed by atoms with van der Waals surface area (Å²) >= 11 is 0. The second-order valence-corrected chi connectivity index (χ2v) is 5.26. The molecule has 1 N–H and O–H groups in total. The number of carbonyl (C=O) groups excluding carboxylic acids is 1. The third-order valence-electron chi connectivity index (χ3n) is 3.30. The zero-order chi connectivity index (χ0) is 16.7. The van der Waals surface area contributed by atoms with Crippen LogP contribution in [-0.4, -0.2) is 31.5 Å². The highest BCUT2D eigenvalue weighted by Gasteiger charge is 2.08. The lowest BCUT2D eigenvalue weighted by Gasteiger charge is -2.16. The Morgan fingerprint density at radius 1 is 1.26 bits per heavy atom. The van der Waals surface area contributed by atoms with Gasteiger partial charge in [-0.25, -0.2) is 0 Å². The molecule has 2 aromatic rings. The maximum absolute atomic E-state index is 12.1. The molecule has 0 aromatic heterocycles. The van der Waals surface area contributed by atoms with Crippen molar-refractivity contribution in [1.29, 1.82) is 5.26 Å². The van der Waals surface area contributed by atoms with Crippen LogP contribution in [0.15, 0.2) is 48.5 Å². The molecule has 2 rings (SSSR count). The lowest BCUT2D eigenvalue weighted by atomic mass is 10.1. The molecule has 23 heavy (non-hydrogen) atoms. The number of carbonyl (C=O) groups is 1. The summed E-state index contributed by atoms with van der Waals surface area (Å²) in [7, 11) is 3.47. The Labute approximate surface area is 136 Å². The van der Waals surface area contributed by atoms with Gasteiger partial charge < -0.3 is 10.1 Å². The molecule has 0 aliphatic rings. The summed E-state index contributed by atoms with van der Waals surface area (Å²) in [5.74, 6) is 0.659. The predicted molar refractivity (Wildman–Crippen MR) is 89.1 cm³/mol. The molecule has 0 saturated heterocycles. The first-order chi connectivity index (χ1) is 11.1. The van der Waals surface area contributed by atoms with Crippen LogP contribution >= 0.6 is 0 Å². The topological polar surface area (TPSA) is 65.4 Å². The molecule has 0 spiro atoms. The van der Waals surface area contributed by atoms with Crippen LogP contribution in [0.1, 0.15) is 11.1 Å². The van der Waals surface area contributed by atoms with Gasteiger partial charge >= 0.3 is 0 Å². The van der Waals surface area contributed by atoms with Crippen LogP contribution in [0.5, 0.6) is 5.75 Å². The van der Waals surface area contributed by atoms with Crippen LogP contribution < -0.4 is 10.1 Å². The number of nitriles is 1. The number of amides is 1. The minimum absolute atomic E-state index is 0.0888. The van der Waals surface area contributed by atoms with Gasteiger partial charge in [-0.05, 0) is 49.0 Å². The Morgan fingerprint density at radius 3 is 2.65 bits per heavy atom. The Kier molecular flexibility index (Phi) is 5.73. The van der Waals surface area contributed by atoms with Gasteiger partial charge in [0.25, 0.3) is 0 Å². The Hall–Kier alpha value is -2.84. The van der Waals surface area contributed by atoms with Gasteiger partial charge in [-0.3, -0.25) is 9.69 Å². The van der Waals surface area contributed by atoms with E-state index in [1.807, 2.05) is 30.1 Å². The van der Waals surface area contributed by atoms with Crippen LogP contribution in [0, 0.1) is 11.3 Å². The normalized spacial score (nSPS) is 10.2. The quantitative estimate of drug-likeness (QED) is 0.891. The number of ether oxygens (including phenoxy) is 1. The van der Waals surface area contributed by atoms with Gasteiger partial charge in [-0.1, -0.05) is 12.1 Å². The van der Waals surface area contributed by atoms with Crippen molar-refractivity contribution in [2.45, 2.75) is 6.54 Å². The molecule has 0 atom stereocenters. The molecular formula is C18H19N3O2. The number of nitrogens with one attached hydrogen (secondary N) is 1. The average molecular weight is 309 g/mol. The molecular weight excluding hydrogens is 290 g/mol. The van der Waals surface area contributed by atoms with E-state index in [2.05, 4.69) is 11.4 Å². The second-order valence-electron chi connectivity index (χ2n) is 5.26. The first kappa shape index (κ1) is 16.5. The van der Waals surface area contributed by atoms with Gasteiger partial charge in [0.15, 0.2) is 0 Å². The standard InChI is InChI=1S/C18H19N3O2/c1-21(12-15-5-3-4-14(10-15)11-19)13-18(22)20-16-6-8-17(23-2)9-7-16/h3-10H,12-13H2,1-2H3,(H,20,22). The summed E-state index contributed by atoms with van der Waals surface area (Å²) in [6.07, 6.45) is 0. The van der Waals surface area contributed by atoms with E-state index in [9.17, 15) is 4.79 Å². The smallest absolute Gasteiger partial charge is 0.238 e. The number of nitrogens with zero attached hydrogens (tertiary/aromatic N) is 2. The third-order valence-corrected chi connectivity index (χ3v) is 3.30. The SMILES string of the molecule is COc1ccc(NC(=O)CN(C)Cc2cccc(C#N)c2)cc1. The largest absolute Gasteiger partial charge is 0.497 e. The van der Waals surface area contributed by atoms with E-state index in [4.69, 9.17) is 10.00 Å². The average Bonchev–Trinajstić information content (AvgIpc) is 2.55. The highest BCUT2D eigenvalue weighted by Crippen LogP contribution is 2.15. The third kappa shape index (κ3) is 5.13. The molecule has 0 unspecified atom stereocenters. The molecule has 0 aliphatic heterocycles. The fraction of sp³-hybridized carbons (Fsp3) is 0.222. The lowest BCUT2D eigenvalue weighted by molar-refractivity contribution is -0.117. The molecule has 0 bridgehead atoms. The van der Waals surface area contributed by atoms with Crippen molar-refractivity contribution in [1.82, 2.24) is 4.90 Å². The lowest BCUT2D eigenvalue weighted by Crippen LogP contribution is -2.29. The Bertz CT molecular complexity index is 705. The summed E-state index contributed by atoms with van der Waals surface area (Å²) in [6.45, 7) is 0.869. The summed E-state index contributed by atoms with van der Waals surface area (Å²) in [6, 6.07) is 16.7. The fourth-order valence-electron chi connectivity index (χ4n) is 2.23. The van der Waals surface area contributed by atoms with Crippen molar-refractivity contribution in [3.63, 3.8) is 0 Å². The number of benzene rings is 2. The minimum Gasteiger partial charge on any atom is -0.497 e. The van der Waals surface area contributed by atoms with E-state index in [0.717, 1.165) is 17.0 Å². The van der Waals surface area contributed by atoms with Crippen molar-refractivity contribution < 1.29 is 9.53 Å². The number of methoxy groups -OCH3 is 1. The maximum Gasteiger partial charge on any atom is 0.238 e. The van der Waals surface area contributed by atoms with E-state index < -0.39 is 0 Å². The molecule has 0 heterocycles.